The Hall–Kier alpha value is -1.91. The Bertz CT molecular complexity index is 597. The lowest BCUT2D eigenvalue weighted by molar-refractivity contribution is 0.0626. The first-order valence-electron chi connectivity index (χ1n) is 8.21. The lowest BCUT2D eigenvalue weighted by Gasteiger charge is -2.25. The summed E-state index contributed by atoms with van der Waals surface area (Å²) in [7, 11) is 0. The van der Waals surface area contributed by atoms with E-state index in [1.165, 1.54) is 24.0 Å². The summed E-state index contributed by atoms with van der Waals surface area (Å²) >= 11 is 0. The molecule has 0 aliphatic heterocycles. The van der Waals surface area contributed by atoms with E-state index in [9.17, 15) is 5.11 Å². The van der Waals surface area contributed by atoms with Crippen molar-refractivity contribution in [1.29, 1.82) is 0 Å². The van der Waals surface area contributed by atoms with Crippen LogP contribution in [0.2, 0.25) is 0 Å². The van der Waals surface area contributed by atoms with Crippen LogP contribution in [0.5, 0.6) is 5.75 Å². The summed E-state index contributed by atoms with van der Waals surface area (Å²) in [5.74, 6) is 0.807. The topological polar surface area (TPSA) is 45.6 Å². The van der Waals surface area contributed by atoms with Crippen LogP contribution in [0.15, 0.2) is 48.8 Å². The van der Waals surface area contributed by atoms with Gasteiger partial charge in [-0.05, 0) is 49.6 Å². The molecule has 1 aromatic carbocycles. The third kappa shape index (κ3) is 5.05. The van der Waals surface area contributed by atoms with Gasteiger partial charge in [0, 0.05) is 31.5 Å². The number of aliphatic hydroxyl groups excluding tert-OH is 1. The van der Waals surface area contributed by atoms with Gasteiger partial charge in [-0.25, -0.2) is 0 Å². The molecule has 0 radical (unpaired) electrons. The number of benzene rings is 1. The van der Waals surface area contributed by atoms with Crippen LogP contribution in [0.25, 0.3) is 0 Å². The van der Waals surface area contributed by atoms with Gasteiger partial charge in [0.15, 0.2) is 0 Å². The fraction of sp³-hybridized carbons (Fsp3) is 0.421. The van der Waals surface area contributed by atoms with Crippen LogP contribution >= 0.6 is 0 Å². The summed E-state index contributed by atoms with van der Waals surface area (Å²) in [4.78, 5) is 6.40. The van der Waals surface area contributed by atoms with Crippen molar-refractivity contribution in [2.75, 3.05) is 13.2 Å². The zero-order valence-corrected chi connectivity index (χ0v) is 13.6. The van der Waals surface area contributed by atoms with E-state index in [4.69, 9.17) is 4.74 Å². The van der Waals surface area contributed by atoms with Crippen LogP contribution in [0, 0.1) is 6.92 Å². The van der Waals surface area contributed by atoms with Gasteiger partial charge in [0.2, 0.25) is 0 Å². The second kappa shape index (κ2) is 7.57. The molecule has 1 heterocycles. The van der Waals surface area contributed by atoms with Crippen molar-refractivity contribution in [1.82, 2.24) is 9.88 Å². The number of nitrogens with zero attached hydrogens (tertiary/aromatic N) is 2. The van der Waals surface area contributed by atoms with E-state index < -0.39 is 6.10 Å². The third-order valence-electron chi connectivity index (χ3n) is 4.11. The smallest absolute Gasteiger partial charge is 0.119 e. The van der Waals surface area contributed by atoms with Gasteiger partial charge >= 0.3 is 0 Å². The van der Waals surface area contributed by atoms with Crippen LogP contribution in [0.3, 0.4) is 0 Å². The number of ether oxygens (including phenoxy) is 1. The highest BCUT2D eigenvalue weighted by Gasteiger charge is 2.30. The summed E-state index contributed by atoms with van der Waals surface area (Å²) in [6.45, 7) is 3.86. The first-order valence-corrected chi connectivity index (χ1v) is 8.21. The summed E-state index contributed by atoms with van der Waals surface area (Å²) in [6, 6.07) is 12.6. The van der Waals surface area contributed by atoms with Crippen molar-refractivity contribution < 1.29 is 9.84 Å². The van der Waals surface area contributed by atoms with Gasteiger partial charge in [0.05, 0.1) is 0 Å². The molecule has 4 heteroatoms. The molecule has 3 rings (SSSR count). The molecule has 0 spiro atoms. The van der Waals surface area contributed by atoms with Crippen LogP contribution in [0.1, 0.15) is 24.0 Å². The average Bonchev–Trinajstić information content (AvgIpc) is 3.40. The van der Waals surface area contributed by atoms with Crippen molar-refractivity contribution in [2.24, 2.45) is 0 Å². The summed E-state index contributed by atoms with van der Waals surface area (Å²) in [5, 5.41) is 10.3. The Labute approximate surface area is 137 Å². The molecular formula is C19H24N2O2. The molecule has 1 atom stereocenters. The van der Waals surface area contributed by atoms with Gasteiger partial charge < -0.3 is 9.84 Å². The fourth-order valence-corrected chi connectivity index (χ4v) is 2.66. The van der Waals surface area contributed by atoms with Gasteiger partial charge in [0.1, 0.15) is 18.5 Å². The average molecular weight is 312 g/mol. The van der Waals surface area contributed by atoms with E-state index in [0.29, 0.717) is 19.2 Å². The minimum atomic E-state index is -0.487. The lowest BCUT2D eigenvalue weighted by atomic mass is 10.2. The Morgan fingerprint density at radius 2 is 1.87 bits per heavy atom. The van der Waals surface area contributed by atoms with E-state index in [-0.39, 0.29) is 0 Å². The quantitative estimate of drug-likeness (QED) is 0.814. The highest BCUT2D eigenvalue weighted by atomic mass is 16.5. The Morgan fingerprint density at radius 1 is 1.17 bits per heavy atom. The molecule has 1 fully saturated rings. The summed E-state index contributed by atoms with van der Waals surface area (Å²) in [6.07, 6.45) is 5.58. The van der Waals surface area contributed by atoms with Gasteiger partial charge in [-0.2, -0.15) is 0 Å². The number of pyridine rings is 1. The van der Waals surface area contributed by atoms with Crippen molar-refractivity contribution in [3.63, 3.8) is 0 Å². The Balaban J connectivity index is 1.50. The normalized spacial score (nSPS) is 15.6. The maximum atomic E-state index is 10.3. The summed E-state index contributed by atoms with van der Waals surface area (Å²) in [5.41, 5.74) is 2.44. The van der Waals surface area contributed by atoms with E-state index in [0.717, 1.165) is 12.3 Å². The van der Waals surface area contributed by atoms with E-state index in [2.05, 4.69) is 9.88 Å². The minimum Gasteiger partial charge on any atom is -0.491 e. The highest BCUT2D eigenvalue weighted by molar-refractivity contribution is 5.26. The maximum Gasteiger partial charge on any atom is 0.119 e. The zero-order chi connectivity index (χ0) is 16.1. The van der Waals surface area contributed by atoms with Crippen LogP contribution < -0.4 is 4.74 Å². The molecule has 2 aromatic rings. The largest absolute Gasteiger partial charge is 0.491 e. The number of hydrogen-bond acceptors (Lipinski definition) is 4. The fourth-order valence-electron chi connectivity index (χ4n) is 2.66. The Kier molecular flexibility index (Phi) is 5.26. The number of aromatic nitrogens is 1. The molecule has 23 heavy (non-hydrogen) atoms. The second-order valence-electron chi connectivity index (χ2n) is 6.29. The van der Waals surface area contributed by atoms with Crippen molar-refractivity contribution in [2.45, 2.75) is 38.5 Å². The molecule has 1 saturated carbocycles. The molecule has 0 saturated heterocycles. The molecule has 0 bridgehead atoms. The number of rotatable bonds is 8. The van der Waals surface area contributed by atoms with Crippen LogP contribution in [0.4, 0.5) is 0 Å². The molecule has 0 amide bonds. The monoisotopic (exact) mass is 312 g/mol. The molecule has 1 aliphatic carbocycles. The first kappa shape index (κ1) is 16.0. The van der Waals surface area contributed by atoms with E-state index in [1.807, 2.05) is 55.7 Å². The van der Waals surface area contributed by atoms with Crippen LogP contribution in [-0.4, -0.2) is 40.3 Å². The van der Waals surface area contributed by atoms with Crippen molar-refractivity contribution in [3.8, 4) is 5.75 Å². The Morgan fingerprint density at radius 3 is 2.52 bits per heavy atom. The molecule has 1 aromatic heterocycles. The van der Waals surface area contributed by atoms with Gasteiger partial charge in [-0.3, -0.25) is 9.88 Å². The third-order valence-corrected chi connectivity index (χ3v) is 4.11. The van der Waals surface area contributed by atoms with E-state index in [1.54, 1.807) is 0 Å². The van der Waals surface area contributed by atoms with Crippen LogP contribution in [-0.2, 0) is 6.54 Å². The molecule has 122 valence electrons. The predicted octanol–water partition coefficient (Wildman–Crippen LogP) is 2.79. The van der Waals surface area contributed by atoms with Gasteiger partial charge in [0.25, 0.3) is 0 Å². The summed E-state index contributed by atoms with van der Waals surface area (Å²) < 4.78 is 5.69. The SMILES string of the molecule is Cc1ccc(OCC(O)CN(Cc2ccncc2)C2CC2)cc1. The molecule has 1 N–H and O–H groups in total. The number of aryl methyl sites for hydroxylation is 1. The molecule has 1 aliphatic rings. The van der Waals surface area contributed by atoms with Crippen molar-refractivity contribution in [3.05, 3.63) is 59.9 Å². The number of hydrogen-bond donors (Lipinski definition) is 1. The molecule has 1 unspecified atom stereocenters. The standard InChI is InChI=1S/C19H24N2O2/c1-15-2-6-19(7-3-15)23-14-18(22)13-21(17-4-5-17)12-16-8-10-20-11-9-16/h2-3,6-11,17-18,22H,4-5,12-14H2,1H3. The zero-order valence-electron chi connectivity index (χ0n) is 13.6. The second-order valence-corrected chi connectivity index (χ2v) is 6.29. The first-order chi connectivity index (χ1) is 11.2. The molecule has 4 nitrogen and oxygen atoms in total. The van der Waals surface area contributed by atoms with E-state index >= 15 is 0 Å². The number of aliphatic hydroxyl groups is 1. The predicted molar refractivity (Wildman–Crippen MR) is 90.3 cm³/mol. The van der Waals surface area contributed by atoms with Crippen molar-refractivity contribution >= 4 is 0 Å². The van der Waals surface area contributed by atoms with Gasteiger partial charge in [-0.15, -0.1) is 0 Å². The maximum absolute atomic E-state index is 10.3. The molecular weight excluding hydrogens is 288 g/mol. The highest BCUT2D eigenvalue weighted by Crippen LogP contribution is 2.28. The lowest BCUT2D eigenvalue weighted by Crippen LogP contribution is -2.36. The minimum absolute atomic E-state index is 0.322. The van der Waals surface area contributed by atoms with Gasteiger partial charge in [-0.1, -0.05) is 17.7 Å².